The lowest BCUT2D eigenvalue weighted by Crippen LogP contribution is -1.88. The molecule has 0 N–H and O–H groups in total. The molecule has 0 bridgehead atoms. The van der Waals surface area contributed by atoms with Crippen LogP contribution >= 0.6 is 0 Å². The van der Waals surface area contributed by atoms with Gasteiger partial charge in [-0.3, -0.25) is 0 Å². The quantitative estimate of drug-likeness (QED) is 0.469. The number of rotatable bonds is 1. The van der Waals surface area contributed by atoms with E-state index in [1.54, 1.807) is 5.57 Å². The van der Waals surface area contributed by atoms with Crippen molar-refractivity contribution in [1.29, 1.82) is 0 Å². The smallest absolute Gasteiger partial charge is 0.0111 e. The Balaban J connectivity index is 2.51. The molecule has 0 unspecified atom stereocenters. The van der Waals surface area contributed by atoms with E-state index in [0.717, 1.165) is 6.42 Å². The van der Waals surface area contributed by atoms with E-state index in [1.807, 2.05) is 0 Å². The monoisotopic (exact) mass is 122 g/mol. The summed E-state index contributed by atoms with van der Waals surface area (Å²) < 4.78 is 0. The van der Waals surface area contributed by atoms with E-state index in [4.69, 9.17) is 0 Å². The Morgan fingerprint density at radius 1 is 1.44 bits per heavy atom. The third kappa shape index (κ3) is 1.70. The first-order chi connectivity index (χ1) is 4.33. The molecular weight excluding hydrogens is 108 g/mol. The maximum absolute atomic E-state index is 2.34. The molecule has 1 rings (SSSR count). The van der Waals surface area contributed by atoms with Gasteiger partial charge < -0.3 is 0 Å². The first-order valence-electron chi connectivity index (χ1n) is 3.66. The first-order valence-corrected chi connectivity index (χ1v) is 3.66. The summed E-state index contributed by atoms with van der Waals surface area (Å²) in [6.07, 6.45) is 8.25. The average Bonchev–Trinajstić information content (AvgIpc) is 1.88. The van der Waals surface area contributed by atoms with Gasteiger partial charge in [-0.25, -0.2) is 0 Å². The summed E-state index contributed by atoms with van der Waals surface area (Å²) in [5, 5.41) is 0. The Labute approximate surface area is 57.3 Å². The maximum atomic E-state index is 2.34. The zero-order valence-corrected chi connectivity index (χ0v) is 6.28. The Morgan fingerprint density at radius 3 is 2.67 bits per heavy atom. The summed E-state index contributed by atoms with van der Waals surface area (Å²) in [4.78, 5) is 0. The van der Waals surface area contributed by atoms with E-state index in [1.165, 1.54) is 18.4 Å². The van der Waals surface area contributed by atoms with Crippen molar-refractivity contribution in [2.75, 3.05) is 0 Å². The molecule has 0 heteroatoms. The highest BCUT2D eigenvalue weighted by molar-refractivity contribution is 5.20. The third-order valence-electron chi connectivity index (χ3n) is 1.83. The Hall–Kier alpha value is -0.520. The Morgan fingerprint density at radius 2 is 2.22 bits per heavy atom. The van der Waals surface area contributed by atoms with Gasteiger partial charge in [0.05, 0.1) is 0 Å². The van der Waals surface area contributed by atoms with E-state index in [-0.39, 0.29) is 0 Å². The van der Waals surface area contributed by atoms with Crippen LogP contribution in [-0.2, 0) is 0 Å². The summed E-state index contributed by atoms with van der Waals surface area (Å²) in [6, 6.07) is 0. The molecule has 0 saturated heterocycles. The highest BCUT2D eigenvalue weighted by Crippen LogP contribution is 2.19. The van der Waals surface area contributed by atoms with E-state index >= 15 is 0 Å². The van der Waals surface area contributed by atoms with Crippen LogP contribution in [0.5, 0.6) is 0 Å². The van der Waals surface area contributed by atoms with Crippen LogP contribution < -0.4 is 0 Å². The van der Waals surface area contributed by atoms with Gasteiger partial charge in [0.15, 0.2) is 0 Å². The average molecular weight is 122 g/mol. The standard InChI is InChI=1S/C9H14/c1-3-9-6-4-5-8(2)7-9/h5-6H,3-4,7H2,1-2H3. The van der Waals surface area contributed by atoms with Crippen LogP contribution in [0.25, 0.3) is 0 Å². The van der Waals surface area contributed by atoms with Gasteiger partial charge in [0, 0.05) is 0 Å². The van der Waals surface area contributed by atoms with Gasteiger partial charge >= 0.3 is 0 Å². The minimum absolute atomic E-state index is 1.16. The molecule has 0 saturated carbocycles. The first kappa shape index (κ1) is 6.60. The predicted molar refractivity (Wildman–Crippen MR) is 41.4 cm³/mol. The molecule has 1 aliphatic rings. The fraction of sp³-hybridized carbons (Fsp3) is 0.556. The molecule has 0 aromatic rings. The zero-order chi connectivity index (χ0) is 6.69. The van der Waals surface area contributed by atoms with Crippen molar-refractivity contribution in [3.05, 3.63) is 23.3 Å². The zero-order valence-electron chi connectivity index (χ0n) is 6.28. The molecule has 0 aromatic heterocycles. The molecule has 50 valence electrons. The highest BCUT2D eigenvalue weighted by atomic mass is 14.1. The third-order valence-corrected chi connectivity index (χ3v) is 1.83. The predicted octanol–water partition coefficient (Wildman–Crippen LogP) is 3.06. The molecular formula is C9H14. The molecule has 9 heavy (non-hydrogen) atoms. The Kier molecular flexibility index (Phi) is 2.10. The molecule has 0 aliphatic heterocycles. The van der Waals surface area contributed by atoms with Crippen LogP contribution in [0.4, 0.5) is 0 Å². The van der Waals surface area contributed by atoms with E-state index in [0.29, 0.717) is 0 Å². The molecule has 0 atom stereocenters. The van der Waals surface area contributed by atoms with Gasteiger partial charge in [0.25, 0.3) is 0 Å². The summed E-state index contributed by atoms with van der Waals surface area (Å²) in [6.45, 7) is 4.44. The van der Waals surface area contributed by atoms with Crippen LogP contribution in [-0.4, -0.2) is 0 Å². The van der Waals surface area contributed by atoms with Crippen molar-refractivity contribution in [2.24, 2.45) is 0 Å². The van der Waals surface area contributed by atoms with Crippen LogP contribution in [0.2, 0.25) is 0 Å². The van der Waals surface area contributed by atoms with Crippen LogP contribution in [0, 0.1) is 0 Å². The Bertz CT molecular complexity index is 149. The maximum Gasteiger partial charge on any atom is -0.0111 e. The lowest BCUT2D eigenvalue weighted by atomic mass is 9.98. The fourth-order valence-corrected chi connectivity index (χ4v) is 1.20. The normalized spacial score (nSPS) is 18.9. The summed E-state index contributed by atoms with van der Waals surface area (Å²) in [5.41, 5.74) is 3.14. The molecule has 1 aliphatic carbocycles. The van der Waals surface area contributed by atoms with E-state index in [2.05, 4.69) is 26.0 Å². The fourth-order valence-electron chi connectivity index (χ4n) is 1.20. The number of hydrogen-bond acceptors (Lipinski definition) is 0. The van der Waals surface area contributed by atoms with Crippen LogP contribution in [0.3, 0.4) is 0 Å². The summed E-state index contributed by atoms with van der Waals surface area (Å²) >= 11 is 0. The summed E-state index contributed by atoms with van der Waals surface area (Å²) in [7, 11) is 0. The van der Waals surface area contributed by atoms with Crippen molar-refractivity contribution in [3.63, 3.8) is 0 Å². The summed E-state index contributed by atoms with van der Waals surface area (Å²) in [5.74, 6) is 0. The molecule has 0 nitrogen and oxygen atoms in total. The second-order valence-electron chi connectivity index (χ2n) is 2.68. The molecule has 0 heterocycles. The van der Waals surface area contributed by atoms with Gasteiger partial charge in [-0.2, -0.15) is 0 Å². The minimum atomic E-state index is 1.16. The van der Waals surface area contributed by atoms with Crippen molar-refractivity contribution in [1.82, 2.24) is 0 Å². The van der Waals surface area contributed by atoms with Gasteiger partial charge in [0.1, 0.15) is 0 Å². The molecule has 0 spiro atoms. The van der Waals surface area contributed by atoms with E-state index in [9.17, 15) is 0 Å². The molecule has 0 fully saturated rings. The minimum Gasteiger partial charge on any atom is -0.0815 e. The second kappa shape index (κ2) is 2.86. The molecule has 0 radical (unpaired) electrons. The van der Waals surface area contributed by atoms with Crippen molar-refractivity contribution < 1.29 is 0 Å². The van der Waals surface area contributed by atoms with Crippen LogP contribution in [0.1, 0.15) is 33.1 Å². The van der Waals surface area contributed by atoms with Gasteiger partial charge in [-0.05, 0) is 26.2 Å². The van der Waals surface area contributed by atoms with Crippen LogP contribution in [0.15, 0.2) is 23.3 Å². The second-order valence-corrected chi connectivity index (χ2v) is 2.68. The largest absolute Gasteiger partial charge is 0.0815 e. The van der Waals surface area contributed by atoms with Gasteiger partial charge in [-0.1, -0.05) is 30.2 Å². The molecule has 0 amide bonds. The molecule has 0 aromatic carbocycles. The SMILES string of the molecule is CCC1=CCC=C(C)C1. The van der Waals surface area contributed by atoms with Crippen molar-refractivity contribution in [2.45, 2.75) is 33.1 Å². The van der Waals surface area contributed by atoms with Crippen molar-refractivity contribution in [3.8, 4) is 0 Å². The number of allylic oxidation sites excluding steroid dienone is 4. The topological polar surface area (TPSA) is 0 Å². The van der Waals surface area contributed by atoms with Crippen molar-refractivity contribution >= 4 is 0 Å². The van der Waals surface area contributed by atoms with E-state index < -0.39 is 0 Å². The lowest BCUT2D eigenvalue weighted by Gasteiger charge is -2.09. The van der Waals surface area contributed by atoms with Gasteiger partial charge in [0.2, 0.25) is 0 Å². The highest BCUT2D eigenvalue weighted by Gasteiger charge is 1.99. The number of hydrogen-bond donors (Lipinski definition) is 0. The lowest BCUT2D eigenvalue weighted by molar-refractivity contribution is 0.945. The van der Waals surface area contributed by atoms with Gasteiger partial charge in [-0.15, -0.1) is 0 Å².